The zero-order valence-corrected chi connectivity index (χ0v) is 10.9. The SMILES string of the molecule is CC1CCC(C)C(Nc2ccc(C#N)cc2F)C1. The molecule has 0 aromatic heterocycles. The van der Waals surface area contributed by atoms with Crippen molar-refractivity contribution in [2.45, 2.75) is 39.2 Å². The van der Waals surface area contributed by atoms with Gasteiger partial charge in [0.25, 0.3) is 0 Å². The molecule has 18 heavy (non-hydrogen) atoms. The van der Waals surface area contributed by atoms with Gasteiger partial charge in [0.2, 0.25) is 0 Å². The van der Waals surface area contributed by atoms with E-state index in [1.165, 1.54) is 18.9 Å². The molecule has 1 aromatic carbocycles. The maximum atomic E-state index is 13.8. The molecule has 1 aliphatic carbocycles. The van der Waals surface area contributed by atoms with Gasteiger partial charge >= 0.3 is 0 Å². The lowest BCUT2D eigenvalue weighted by Gasteiger charge is -2.34. The van der Waals surface area contributed by atoms with Crippen molar-refractivity contribution in [3.63, 3.8) is 0 Å². The minimum Gasteiger partial charge on any atom is -0.380 e. The highest BCUT2D eigenvalue weighted by Crippen LogP contribution is 2.31. The predicted octanol–water partition coefficient (Wildman–Crippen LogP) is 3.93. The lowest BCUT2D eigenvalue weighted by Crippen LogP contribution is -2.33. The maximum absolute atomic E-state index is 13.8. The van der Waals surface area contributed by atoms with Gasteiger partial charge < -0.3 is 5.32 Å². The summed E-state index contributed by atoms with van der Waals surface area (Å²) >= 11 is 0. The van der Waals surface area contributed by atoms with Gasteiger partial charge in [-0.05, 0) is 42.9 Å². The highest BCUT2D eigenvalue weighted by molar-refractivity contribution is 5.49. The average Bonchev–Trinajstić information content (AvgIpc) is 2.36. The summed E-state index contributed by atoms with van der Waals surface area (Å²) in [7, 11) is 0. The van der Waals surface area contributed by atoms with Crippen molar-refractivity contribution in [3.8, 4) is 6.07 Å². The van der Waals surface area contributed by atoms with Crippen LogP contribution in [0.5, 0.6) is 0 Å². The summed E-state index contributed by atoms with van der Waals surface area (Å²) in [4.78, 5) is 0. The van der Waals surface area contributed by atoms with Gasteiger partial charge in [-0.2, -0.15) is 5.26 Å². The number of anilines is 1. The van der Waals surface area contributed by atoms with Gasteiger partial charge in [-0.15, -0.1) is 0 Å². The Bertz CT molecular complexity index is 464. The van der Waals surface area contributed by atoms with E-state index in [4.69, 9.17) is 5.26 Å². The summed E-state index contributed by atoms with van der Waals surface area (Å²) in [6.45, 7) is 4.46. The second-order valence-electron chi connectivity index (χ2n) is 5.45. The first kappa shape index (κ1) is 12.9. The van der Waals surface area contributed by atoms with Crippen LogP contribution in [-0.2, 0) is 0 Å². The van der Waals surface area contributed by atoms with E-state index in [0.717, 1.165) is 6.42 Å². The van der Waals surface area contributed by atoms with Crippen LogP contribution in [0.3, 0.4) is 0 Å². The van der Waals surface area contributed by atoms with Gasteiger partial charge in [-0.25, -0.2) is 4.39 Å². The Morgan fingerprint density at radius 1 is 1.33 bits per heavy atom. The molecule has 0 heterocycles. The molecule has 3 atom stereocenters. The largest absolute Gasteiger partial charge is 0.380 e. The Labute approximate surface area is 108 Å². The van der Waals surface area contributed by atoms with Crippen molar-refractivity contribution >= 4 is 5.69 Å². The van der Waals surface area contributed by atoms with Gasteiger partial charge in [0.05, 0.1) is 17.3 Å². The summed E-state index contributed by atoms with van der Waals surface area (Å²) in [5.74, 6) is 0.927. The second-order valence-corrected chi connectivity index (χ2v) is 5.45. The first-order valence-corrected chi connectivity index (χ1v) is 6.56. The summed E-state index contributed by atoms with van der Waals surface area (Å²) in [5, 5.41) is 12.0. The Morgan fingerprint density at radius 2 is 2.11 bits per heavy atom. The van der Waals surface area contributed by atoms with E-state index >= 15 is 0 Å². The van der Waals surface area contributed by atoms with Crippen LogP contribution in [0, 0.1) is 29.0 Å². The Morgan fingerprint density at radius 3 is 2.78 bits per heavy atom. The Hall–Kier alpha value is -1.56. The van der Waals surface area contributed by atoms with Crippen molar-refractivity contribution in [1.29, 1.82) is 5.26 Å². The van der Waals surface area contributed by atoms with Gasteiger partial charge in [-0.3, -0.25) is 0 Å². The van der Waals surface area contributed by atoms with Crippen LogP contribution in [0.4, 0.5) is 10.1 Å². The molecule has 0 amide bonds. The number of hydrogen-bond acceptors (Lipinski definition) is 2. The van der Waals surface area contributed by atoms with Crippen molar-refractivity contribution in [2.75, 3.05) is 5.32 Å². The number of benzene rings is 1. The molecule has 96 valence electrons. The fourth-order valence-corrected chi connectivity index (χ4v) is 2.63. The lowest BCUT2D eigenvalue weighted by molar-refractivity contribution is 0.280. The molecule has 1 aliphatic rings. The van der Waals surface area contributed by atoms with E-state index in [-0.39, 0.29) is 5.82 Å². The lowest BCUT2D eigenvalue weighted by atomic mass is 9.80. The smallest absolute Gasteiger partial charge is 0.147 e. The molecule has 1 saturated carbocycles. The molecule has 0 spiro atoms. The molecular weight excluding hydrogens is 227 g/mol. The first-order valence-electron chi connectivity index (χ1n) is 6.56. The quantitative estimate of drug-likeness (QED) is 0.858. The summed E-state index contributed by atoms with van der Waals surface area (Å²) in [5.41, 5.74) is 0.878. The van der Waals surface area contributed by atoms with Crippen LogP contribution in [-0.4, -0.2) is 6.04 Å². The molecule has 0 bridgehead atoms. The minimum absolute atomic E-state index is 0.330. The Kier molecular flexibility index (Phi) is 3.86. The number of nitrogens with one attached hydrogen (secondary N) is 1. The topological polar surface area (TPSA) is 35.8 Å². The molecular formula is C15H19FN2. The van der Waals surface area contributed by atoms with Gasteiger partial charge in [0.1, 0.15) is 5.82 Å². The molecule has 1 aromatic rings. The number of rotatable bonds is 2. The number of nitrogens with zero attached hydrogens (tertiary/aromatic N) is 1. The third kappa shape index (κ3) is 2.81. The van der Waals surface area contributed by atoms with Gasteiger partial charge in [0.15, 0.2) is 0 Å². The molecule has 1 fully saturated rings. The maximum Gasteiger partial charge on any atom is 0.147 e. The standard InChI is InChI=1S/C15H19FN2/c1-10-3-4-11(2)15(7-10)18-14-6-5-12(9-17)8-13(14)16/h5-6,8,10-11,15,18H,3-4,7H2,1-2H3. The predicted molar refractivity (Wildman–Crippen MR) is 70.7 cm³/mol. The van der Waals surface area contributed by atoms with Crippen LogP contribution >= 0.6 is 0 Å². The zero-order valence-electron chi connectivity index (χ0n) is 10.9. The number of halogens is 1. The summed E-state index contributed by atoms with van der Waals surface area (Å²) < 4.78 is 13.8. The van der Waals surface area contributed by atoms with Crippen molar-refractivity contribution in [2.24, 2.45) is 11.8 Å². The van der Waals surface area contributed by atoms with Crippen LogP contribution in [0.2, 0.25) is 0 Å². The molecule has 2 rings (SSSR count). The zero-order chi connectivity index (χ0) is 13.1. The van der Waals surface area contributed by atoms with E-state index < -0.39 is 0 Å². The first-order chi connectivity index (χ1) is 8.60. The Balaban J connectivity index is 2.11. The highest BCUT2D eigenvalue weighted by atomic mass is 19.1. The molecule has 0 aliphatic heterocycles. The number of nitriles is 1. The molecule has 0 radical (unpaired) electrons. The summed E-state index contributed by atoms with van der Waals surface area (Å²) in [6.07, 6.45) is 3.53. The minimum atomic E-state index is -0.334. The molecule has 1 N–H and O–H groups in total. The van der Waals surface area contributed by atoms with Crippen LogP contribution in [0.25, 0.3) is 0 Å². The van der Waals surface area contributed by atoms with Crippen LogP contribution < -0.4 is 5.32 Å². The van der Waals surface area contributed by atoms with E-state index in [0.29, 0.717) is 29.1 Å². The van der Waals surface area contributed by atoms with Crippen molar-refractivity contribution in [1.82, 2.24) is 0 Å². The van der Waals surface area contributed by atoms with E-state index in [9.17, 15) is 4.39 Å². The normalized spacial score (nSPS) is 27.6. The third-order valence-corrected chi connectivity index (χ3v) is 3.90. The monoisotopic (exact) mass is 246 g/mol. The van der Waals surface area contributed by atoms with Crippen molar-refractivity contribution in [3.05, 3.63) is 29.6 Å². The van der Waals surface area contributed by atoms with Crippen LogP contribution in [0.15, 0.2) is 18.2 Å². The molecule has 0 saturated heterocycles. The second kappa shape index (κ2) is 5.39. The molecule has 2 nitrogen and oxygen atoms in total. The number of hydrogen-bond donors (Lipinski definition) is 1. The average molecular weight is 246 g/mol. The van der Waals surface area contributed by atoms with E-state index in [1.54, 1.807) is 12.1 Å². The van der Waals surface area contributed by atoms with Gasteiger partial charge in [-0.1, -0.05) is 20.3 Å². The fourth-order valence-electron chi connectivity index (χ4n) is 2.63. The molecule has 3 heteroatoms. The van der Waals surface area contributed by atoms with Crippen LogP contribution in [0.1, 0.15) is 38.7 Å². The highest BCUT2D eigenvalue weighted by Gasteiger charge is 2.25. The summed E-state index contributed by atoms with van der Waals surface area (Å²) in [6, 6.07) is 6.89. The molecule has 3 unspecified atom stereocenters. The third-order valence-electron chi connectivity index (χ3n) is 3.90. The van der Waals surface area contributed by atoms with Crippen molar-refractivity contribution < 1.29 is 4.39 Å². The van der Waals surface area contributed by atoms with E-state index in [2.05, 4.69) is 19.2 Å². The van der Waals surface area contributed by atoms with E-state index in [1.807, 2.05) is 6.07 Å². The fraction of sp³-hybridized carbons (Fsp3) is 0.533. The van der Waals surface area contributed by atoms with Gasteiger partial charge in [0, 0.05) is 6.04 Å².